The first-order valence-electron chi connectivity index (χ1n) is 3.38. The second-order valence-electron chi connectivity index (χ2n) is 2.38. The first-order valence-corrected chi connectivity index (χ1v) is 3.38. The molecule has 0 bridgehead atoms. The van der Waals surface area contributed by atoms with E-state index in [1.165, 1.54) is 0 Å². The minimum atomic E-state index is -1.68. The third-order valence-corrected chi connectivity index (χ3v) is 1.46. The molecule has 0 fully saturated rings. The SMILES string of the molecule is O=C(O)C1=CCC(=O)C(C(=O)O)O1. The maximum Gasteiger partial charge on any atom is 0.370 e. The highest BCUT2D eigenvalue weighted by Crippen LogP contribution is 2.14. The number of carboxylic acid groups (broad SMARTS) is 2. The zero-order chi connectivity index (χ0) is 10.0. The molecule has 1 heterocycles. The van der Waals surface area contributed by atoms with Crippen LogP contribution < -0.4 is 0 Å². The van der Waals surface area contributed by atoms with Crippen LogP contribution in [0.15, 0.2) is 11.8 Å². The van der Waals surface area contributed by atoms with Crippen LogP contribution in [0, 0.1) is 0 Å². The highest BCUT2D eigenvalue weighted by atomic mass is 16.5. The van der Waals surface area contributed by atoms with Gasteiger partial charge in [-0.25, -0.2) is 9.59 Å². The lowest BCUT2D eigenvalue weighted by molar-refractivity contribution is -0.156. The minimum Gasteiger partial charge on any atom is -0.478 e. The maximum absolute atomic E-state index is 10.9. The van der Waals surface area contributed by atoms with Gasteiger partial charge < -0.3 is 14.9 Å². The van der Waals surface area contributed by atoms with E-state index in [-0.39, 0.29) is 6.42 Å². The van der Waals surface area contributed by atoms with Gasteiger partial charge in [0.2, 0.25) is 5.76 Å². The molecule has 13 heavy (non-hydrogen) atoms. The van der Waals surface area contributed by atoms with Crippen LogP contribution in [-0.2, 0) is 19.1 Å². The molecule has 0 radical (unpaired) electrons. The van der Waals surface area contributed by atoms with Gasteiger partial charge in [-0.05, 0) is 6.08 Å². The van der Waals surface area contributed by atoms with Crippen LogP contribution in [0.3, 0.4) is 0 Å². The number of carboxylic acids is 2. The van der Waals surface area contributed by atoms with Gasteiger partial charge in [0.05, 0.1) is 0 Å². The molecule has 0 saturated heterocycles. The zero-order valence-electron chi connectivity index (χ0n) is 6.39. The van der Waals surface area contributed by atoms with Gasteiger partial charge in [-0.3, -0.25) is 4.79 Å². The number of aliphatic carboxylic acids is 2. The molecule has 1 atom stereocenters. The number of hydrogen-bond donors (Lipinski definition) is 2. The fourth-order valence-corrected chi connectivity index (χ4v) is 0.867. The van der Waals surface area contributed by atoms with Crippen molar-refractivity contribution in [3.63, 3.8) is 0 Å². The number of carbonyl (C=O) groups excluding carboxylic acids is 1. The Hall–Kier alpha value is -1.85. The second-order valence-corrected chi connectivity index (χ2v) is 2.38. The summed E-state index contributed by atoms with van der Waals surface area (Å²) in [5, 5.41) is 16.9. The van der Waals surface area contributed by atoms with Crippen molar-refractivity contribution >= 4 is 17.7 Å². The topological polar surface area (TPSA) is 101 Å². The quantitative estimate of drug-likeness (QED) is 0.558. The Kier molecular flexibility index (Phi) is 2.32. The van der Waals surface area contributed by atoms with Crippen molar-refractivity contribution in [1.82, 2.24) is 0 Å². The van der Waals surface area contributed by atoms with Crippen LogP contribution in [0.5, 0.6) is 0 Å². The van der Waals surface area contributed by atoms with Crippen LogP contribution in [0.4, 0.5) is 0 Å². The van der Waals surface area contributed by atoms with Gasteiger partial charge in [0.1, 0.15) is 0 Å². The van der Waals surface area contributed by atoms with Gasteiger partial charge in [-0.2, -0.15) is 0 Å². The standard InChI is InChI=1S/C7H6O6/c8-3-1-2-4(6(9)10)13-5(3)7(11)12/h2,5H,1H2,(H,9,10)(H,11,12). The molecule has 0 saturated carbocycles. The van der Waals surface area contributed by atoms with E-state index >= 15 is 0 Å². The zero-order valence-corrected chi connectivity index (χ0v) is 6.39. The molecule has 0 aliphatic carbocycles. The van der Waals surface area contributed by atoms with Gasteiger partial charge in [0.25, 0.3) is 6.10 Å². The van der Waals surface area contributed by atoms with Crippen molar-refractivity contribution in [3.8, 4) is 0 Å². The Balaban J connectivity index is 2.84. The number of rotatable bonds is 2. The monoisotopic (exact) mass is 186 g/mol. The fourth-order valence-electron chi connectivity index (χ4n) is 0.867. The van der Waals surface area contributed by atoms with Crippen molar-refractivity contribution in [1.29, 1.82) is 0 Å². The van der Waals surface area contributed by atoms with Gasteiger partial charge in [-0.15, -0.1) is 0 Å². The van der Waals surface area contributed by atoms with Crippen molar-refractivity contribution in [2.75, 3.05) is 0 Å². The third kappa shape index (κ3) is 1.84. The van der Waals surface area contributed by atoms with Gasteiger partial charge in [0, 0.05) is 6.42 Å². The van der Waals surface area contributed by atoms with E-state index in [0.29, 0.717) is 0 Å². The number of hydrogen-bond acceptors (Lipinski definition) is 4. The molecule has 1 aliphatic heterocycles. The highest BCUT2D eigenvalue weighted by molar-refractivity contribution is 6.04. The Morgan fingerprint density at radius 2 is 2.08 bits per heavy atom. The summed E-state index contributed by atoms with van der Waals surface area (Å²) in [4.78, 5) is 31.6. The average Bonchev–Trinajstić information content (AvgIpc) is 2.04. The molecule has 0 aromatic carbocycles. The summed E-state index contributed by atoms with van der Waals surface area (Å²) in [6, 6.07) is 0. The van der Waals surface area contributed by atoms with Gasteiger partial charge >= 0.3 is 11.9 Å². The highest BCUT2D eigenvalue weighted by Gasteiger charge is 2.33. The van der Waals surface area contributed by atoms with E-state index in [4.69, 9.17) is 10.2 Å². The molecular formula is C7H6O6. The van der Waals surface area contributed by atoms with E-state index in [9.17, 15) is 14.4 Å². The molecule has 1 aliphatic rings. The molecule has 2 N–H and O–H groups in total. The Morgan fingerprint density at radius 3 is 2.54 bits per heavy atom. The normalized spacial score (nSPS) is 21.7. The molecular weight excluding hydrogens is 180 g/mol. The summed E-state index contributed by atoms with van der Waals surface area (Å²) in [6.07, 6.45) is -0.862. The predicted octanol–water partition coefficient (Wildman–Crippen LogP) is -0.603. The van der Waals surface area contributed by atoms with E-state index in [0.717, 1.165) is 6.08 Å². The Morgan fingerprint density at radius 1 is 1.46 bits per heavy atom. The Labute approximate surface area is 72.4 Å². The molecule has 0 spiro atoms. The minimum absolute atomic E-state index is 0.224. The molecule has 6 heteroatoms. The lowest BCUT2D eigenvalue weighted by Crippen LogP contribution is -2.36. The first kappa shape index (κ1) is 9.24. The second kappa shape index (κ2) is 3.26. The van der Waals surface area contributed by atoms with Crippen molar-refractivity contribution in [2.24, 2.45) is 0 Å². The van der Waals surface area contributed by atoms with E-state index in [1.807, 2.05) is 0 Å². The lowest BCUT2D eigenvalue weighted by atomic mass is 10.1. The molecule has 0 aromatic rings. The smallest absolute Gasteiger partial charge is 0.370 e. The predicted molar refractivity (Wildman–Crippen MR) is 37.9 cm³/mol. The molecule has 1 rings (SSSR count). The summed E-state index contributed by atoms with van der Waals surface area (Å²) in [7, 11) is 0. The molecule has 6 nitrogen and oxygen atoms in total. The maximum atomic E-state index is 10.9. The number of Topliss-reactive ketones (excluding diaryl/α,β-unsaturated/α-hetero) is 1. The number of carbonyl (C=O) groups is 3. The van der Waals surface area contributed by atoms with Gasteiger partial charge in [-0.1, -0.05) is 0 Å². The summed E-state index contributed by atoms with van der Waals surface area (Å²) in [5.41, 5.74) is 0. The molecule has 0 amide bonds. The number of allylic oxidation sites excluding steroid dienone is 1. The van der Waals surface area contributed by atoms with E-state index < -0.39 is 29.6 Å². The van der Waals surface area contributed by atoms with Crippen LogP contribution in [0.2, 0.25) is 0 Å². The van der Waals surface area contributed by atoms with Crippen LogP contribution in [-0.4, -0.2) is 34.0 Å². The summed E-state index contributed by atoms with van der Waals surface area (Å²) in [5.74, 6) is -4.00. The van der Waals surface area contributed by atoms with E-state index in [2.05, 4.69) is 4.74 Å². The third-order valence-electron chi connectivity index (χ3n) is 1.46. The first-order chi connectivity index (χ1) is 6.02. The summed E-state index contributed by atoms with van der Waals surface area (Å²) in [6.45, 7) is 0. The van der Waals surface area contributed by atoms with Crippen molar-refractivity contribution < 1.29 is 29.3 Å². The molecule has 70 valence electrons. The molecule has 1 unspecified atom stereocenters. The largest absolute Gasteiger partial charge is 0.478 e. The van der Waals surface area contributed by atoms with E-state index in [1.54, 1.807) is 0 Å². The lowest BCUT2D eigenvalue weighted by Gasteiger charge is -2.17. The fraction of sp³-hybridized carbons (Fsp3) is 0.286. The molecule has 0 aromatic heterocycles. The van der Waals surface area contributed by atoms with Crippen LogP contribution in [0.1, 0.15) is 6.42 Å². The van der Waals surface area contributed by atoms with Crippen LogP contribution in [0.25, 0.3) is 0 Å². The van der Waals surface area contributed by atoms with Crippen molar-refractivity contribution in [3.05, 3.63) is 11.8 Å². The summed E-state index contributed by atoms with van der Waals surface area (Å²) >= 11 is 0. The van der Waals surface area contributed by atoms with Gasteiger partial charge in [0.15, 0.2) is 5.78 Å². The van der Waals surface area contributed by atoms with Crippen molar-refractivity contribution in [2.45, 2.75) is 12.5 Å². The number of ether oxygens (including phenoxy) is 1. The average molecular weight is 186 g/mol. The Bertz CT molecular complexity index is 302. The van der Waals surface area contributed by atoms with Crippen LogP contribution >= 0.6 is 0 Å². The summed E-state index contributed by atoms with van der Waals surface area (Å²) < 4.78 is 4.43. The number of ketones is 1.